The number of hydrogen-bond donors (Lipinski definition) is 2. The lowest BCUT2D eigenvalue weighted by Gasteiger charge is -2.36. The van der Waals surface area contributed by atoms with E-state index in [0.717, 1.165) is 198 Å². The average Bonchev–Trinajstić information content (AvgIpc) is 1.65. The highest BCUT2D eigenvalue weighted by molar-refractivity contribution is 6.30. The molecule has 13 fully saturated rings. The summed E-state index contributed by atoms with van der Waals surface area (Å²) in [6.45, 7) is 17.6. The van der Waals surface area contributed by atoms with Crippen molar-refractivity contribution in [3.05, 3.63) is 122 Å². The fourth-order valence-corrected chi connectivity index (χ4v) is 16.3. The Morgan fingerprint density at radius 3 is 1.07 bits per heavy atom. The van der Waals surface area contributed by atoms with Crippen LogP contribution in [0.25, 0.3) is 0 Å². The van der Waals surface area contributed by atoms with Crippen LogP contribution in [0.2, 0.25) is 20.6 Å². The second-order valence-corrected chi connectivity index (χ2v) is 35.9. The standard InChI is InChI=1S/C18H26N4O2.2C14H20ClN3O.C14H22N4O.C12H15ClN2O2.C7H12O.C6H5ClFNO.ClH/c1-21(2)11-14-15(22-9-10-24-18(12-22)7-8-18)5-6-16(19-14)20-17(23)13-3-4-13;3*1-17(2)9-11-12(3-4-13(15)16-11)18-7-8-19-14(10-18)5-6-14;1-16-11-9(2-3-10(13)14-11)15-6-7-17-12(8-15)4-5-12;1-2-6-8-7(3-1)4-5-7;1-10-6-4(8)2-3-5(7)9-6;/h5-6,13H,3-4,7-12H2,1-2H3,(H,19,20,23);2*3-4H,5-10H2,1-2H3;3-4H,5-10H2,1-2H3,(H2,15,16);2-3H,4-8H2,1H3;1-6H2;2-3H,1H3;1H. The number of methoxy groups -OCH3 is 2. The molecule has 0 radical (unpaired) electrons. The first-order chi connectivity index (χ1) is 55.7. The van der Waals surface area contributed by atoms with Crippen molar-refractivity contribution in [2.45, 2.75) is 169 Å². The minimum Gasteiger partial charge on any atom is -0.479 e. The van der Waals surface area contributed by atoms with Gasteiger partial charge in [-0.1, -0.05) is 46.4 Å². The minimum atomic E-state index is -0.507. The number of morpholine rings is 5. The zero-order valence-electron chi connectivity index (χ0n) is 69.9. The van der Waals surface area contributed by atoms with E-state index in [9.17, 15) is 9.18 Å². The number of ether oxygens (including phenoxy) is 8. The number of nitrogen functional groups attached to an aromatic ring is 1. The second-order valence-electron chi connectivity index (χ2n) is 34.3. The molecule has 0 bridgehead atoms. The molecule has 1 amide bonds. The Kier molecular flexibility index (Phi) is 30.6. The lowest BCUT2D eigenvalue weighted by atomic mass is 10.1. The van der Waals surface area contributed by atoms with E-state index >= 15 is 0 Å². The van der Waals surface area contributed by atoms with Crippen LogP contribution < -0.4 is 45.0 Å². The molecule has 32 heteroatoms. The van der Waals surface area contributed by atoms with Gasteiger partial charge in [0.05, 0.1) is 126 Å². The van der Waals surface area contributed by atoms with Crippen LogP contribution in [0, 0.1) is 11.7 Å². The zero-order valence-corrected chi connectivity index (χ0v) is 73.8. The average molecular weight is 1720 g/mol. The van der Waals surface area contributed by atoms with Gasteiger partial charge in [0, 0.05) is 104 Å². The Bertz CT molecular complexity index is 4070. The highest BCUT2D eigenvalue weighted by Gasteiger charge is 2.52. The summed E-state index contributed by atoms with van der Waals surface area (Å²) < 4.78 is 57.3. The summed E-state index contributed by atoms with van der Waals surface area (Å²) in [5.74, 6) is 1.57. The monoisotopic (exact) mass is 1720 g/mol. The minimum absolute atomic E-state index is 0. The van der Waals surface area contributed by atoms with Crippen molar-refractivity contribution in [2.75, 3.05) is 211 Å². The quantitative estimate of drug-likeness (QED) is 0.0807. The molecule has 117 heavy (non-hydrogen) atoms. The summed E-state index contributed by atoms with van der Waals surface area (Å²) in [6.07, 6.45) is 20.5. The van der Waals surface area contributed by atoms with Crippen molar-refractivity contribution >= 4 is 105 Å². The van der Waals surface area contributed by atoms with Gasteiger partial charge >= 0.3 is 0 Å². The van der Waals surface area contributed by atoms with Crippen molar-refractivity contribution in [1.82, 2.24) is 49.5 Å². The number of nitrogens with zero attached hydrogens (tertiary/aromatic N) is 15. The Labute approximate surface area is 716 Å². The first-order valence-electron chi connectivity index (χ1n) is 41.3. The first kappa shape index (κ1) is 90.0. The van der Waals surface area contributed by atoms with Crippen LogP contribution in [-0.2, 0) is 59.4 Å². The molecular weight excluding hydrogens is 1600 g/mol. The molecule has 0 unspecified atom stereocenters. The topological polar surface area (TPSA) is 235 Å². The summed E-state index contributed by atoms with van der Waals surface area (Å²) in [7, 11) is 19.3. The van der Waals surface area contributed by atoms with Crippen molar-refractivity contribution in [3.8, 4) is 11.8 Å². The normalized spacial score (nSPS) is 21.0. The van der Waals surface area contributed by atoms with Crippen LogP contribution in [0.15, 0.2) is 72.8 Å². The molecule has 26 nitrogen and oxygen atoms in total. The summed E-state index contributed by atoms with van der Waals surface area (Å²) in [6, 6.07) is 22.3. The van der Waals surface area contributed by atoms with E-state index in [1.165, 1.54) is 113 Å². The maximum atomic E-state index is 12.5. The zero-order chi connectivity index (χ0) is 82.0. The number of carbonyl (C=O) groups excluding carboxylic acids is 1. The fourth-order valence-electron chi connectivity index (χ4n) is 15.6. The van der Waals surface area contributed by atoms with Gasteiger partial charge < -0.3 is 93.0 Å². The highest BCUT2D eigenvalue weighted by Crippen LogP contribution is 2.49. The third kappa shape index (κ3) is 25.7. The lowest BCUT2D eigenvalue weighted by molar-refractivity contribution is -0.117. The smallest absolute Gasteiger partial charge is 0.251 e. The molecule has 13 aliphatic rings. The van der Waals surface area contributed by atoms with Gasteiger partial charge in [-0.25, -0.2) is 24.3 Å². The number of pyridine rings is 6. The number of hydrogen-bond acceptors (Lipinski definition) is 25. The van der Waals surface area contributed by atoms with E-state index in [1.54, 1.807) is 13.2 Å². The van der Waals surface area contributed by atoms with E-state index in [-0.39, 0.29) is 63.3 Å². The van der Waals surface area contributed by atoms with Gasteiger partial charge in [0.15, 0.2) is 5.82 Å². The van der Waals surface area contributed by atoms with E-state index in [1.807, 2.05) is 72.6 Å². The van der Waals surface area contributed by atoms with Crippen LogP contribution in [0.4, 0.5) is 44.5 Å². The van der Waals surface area contributed by atoms with Crippen LogP contribution in [0.5, 0.6) is 11.8 Å². The molecule has 3 N–H and O–H groups in total. The Hall–Kier alpha value is -6.25. The number of amides is 1. The Morgan fingerprint density at radius 1 is 0.419 bits per heavy atom. The SMILES string of the molecule is C1CCC2(CC2)OC1.CN(C)Cc1nc(Cl)ccc1N1CCOC2(CC2)C1.CN(C)Cc1nc(Cl)ccc1N1CCOC2(CC2)C1.CN(C)Cc1nc(N)ccc1N1CCOC2(CC2)C1.CN(C)Cc1nc(NC(=O)C2CC2)ccc1N1CCOC2(CC2)C1.COc1nc(Cl)ccc1F.COc1nc(Cl)ccc1N1CCOC2(CC2)C1.Cl. The number of nitrogens with one attached hydrogen (secondary N) is 1. The third-order valence-corrected chi connectivity index (χ3v) is 23.9. The molecule has 12 heterocycles. The Morgan fingerprint density at radius 2 is 0.735 bits per heavy atom. The first-order valence-corrected chi connectivity index (χ1v) is 42.8. The number of halogens is 6. The van der Waals surface area contributed by atoms with E-state index in [4.69, 9.17) is 90.3 Å². The van der Waals surface area contributed by atoms with Gasteiger partial charge in [-0.15, -0.1) is 12.4 Å². The number of aromatic nitrogens is 6. The maximum absolute atomic E-state index is 12.5. The van der Waals surface area contributed by atoms with E-state index < -0.39 is 5.82 Å². The molecule has 7 saturated carbocycles. The molecule has 6 aromatic rings. The van der Waals surface area contributed by atoms with Crippen LogP contribution >= 0.6 is 58.8 Å². The van der Waals surface area contributed by atoms with Crippen LogP contribution in [0.3, 0.4) is 0 Å². The Balaban J connectivity index is 0.000000128. The van der Waals surface area contributed by atoms with E-state index in [2.05, 4.69) is 117 Å². The number of rotatable bonds is 17. The third-order valence-electron chi connectivity index (χ3n) is 23.0. The predicted octanol–water partition coefficient (Wildman–Crippen LogP) is 13.4. The van der Waals surface area contributed by atoms with Gasteiger partial charge in [0.2, 0.25) is 11.8 Å². The molecule has 6 spiro atoms. The summed E-state index contributed by atoms with van der Waals surface area (Å²) in [4.78, 5) is 58.4. The summed E-state index contributed by atoms with van der Waals surface area (Å²) >= 11 is 23.4. The van der Waals surface area contributed by atoms with Gasteiger partial charge in [0.1, 0.15) is 37.9 Å². The van der Waals surface area contributed by atoms with Crippen molar-refractivity contribution in [2.24, 2.45) is 5.92 Å². The largest absolute Gasteiger partial charge is 0.479 e. The fraction of sp³-hybridized carbons (Fsp3) is 0.635. The molecule has 0 aromatic carbocycles. The predicted molar refractivity (Wildman–Crippen MR) is 464 cm³/mol. The number of carbonyl (C=O) groups is 1. The maximum Gasteiger partial charge on any atom is 0.251 e. The molecular formula is C85H121Cl5FN17O9. The molecule has 19 rings (SSSR count). The number of anilines is 7. The molecule has 6 aromatic heterocycles. The molecule has 6 aliphatic heterocycles. The van der Waals surface area contributed by atoms with Gasteiger partial charge in [-0.2, -0.15) is 9.97 Å². The van der Waals surface area contributed by atoms with Crippen molar-refractivity contribution in [3.63, 3.8) is 0 Å². The lowest BCUT2D eigenvalue weighted by Crippen LogP contribution is -2.44. The van der Waals surface area contributed by atoms with Gasteiger partial charge in [-0.3, -0.25) is 4.79 Å². The molecule has 7 aliphatic carbocycles. The van der Waals surface area contributed by atoms with Crippen molar-refractivity contribution in [1.29, 1.82) is 0 Å². The van der Waals surface area contributed by atoms with Gasteiger partial charge in [0.25, 0.3) is 5.88 Å². The highest BCUT2D eigenvalue weighted by atomic mass is 35.5. The molecule has 6 saturated heterocycles. The van der Waals surface area contributed by atoms with Gasteiger partial charge in [-0.05, 0) is 238 Å². The van der Waals surface area contributed by atoms with Crippen molar-refractivity contribution < 1.29 is 47.1 Å². The van der Waals surface area contributed by atoms with Crippen LogP contribution in [0.1, 0.15) is 132 Å². The second kappa shape index (κ2) is 39.7. The number of nitrogens with two attached hydrogens (primary N) is 1. The summed E-state index contributed by atoms with van der Waals surface area (Å²) in [5.41, 5.74) is 16.8. The summed E-state index contributed by atoms with van der Waals surface area (Å²) in [5, 5.41) is 4.77. The molecule has 0 atom stereocenters. The molecule has 642 valence electrons. The van der Waals surface area contributed by atoms with Crippen LogP contribution in [-0.4, -0.2) is 265 Å². The van der Waals surface area contributed by atoms with E-state index in [0.29, 0.717) is 38.6 Å².